The molecule has 0 spiro atoms. The third kappa shape index (κ3) is 4.94. The summed E-state index contributed by atoms with van der Waals surface area (Å²) in [6, 6.07) is 5.65. The summed E-state index contributed by atoms with van der Waals surface area (Å²) in [5.41, 5.74) is 2.23. The molecule has 1 saturated carbocycles. The number of hydrogen-bond acceptors (Lipinski definition) is 7. The van der Waals surface area contributed by atoms with E-state index in [1.54, 1.807) is 0 Å². The maximum atomic E-state index is 14.9. The van der Waals surface area contributed by atoms with Gasteiger partial charge in [0.1, 0.15) is 11.6 Å². The zero-order valence-corrected chi connectivity index (χ0v) is 19.8. The first-order valence-corrected chi connectivity index (χ1v) is 12.5. The van der Waals surface area contributed by atoms with E-state index in [4.69, 9.17) is 4.98 Å². The minimum absolute atomic E-state index is 0.0373. The first-order chi connectivity index (χ1) is 16.6. The van der Waals surface area contributed by atoms with Crippen molar-refractivity contribution in [3.8, 4) is 0 Å². The summed E-state index contributed by atoms with van der Waals surface area (Å²) >= 11 is 0. The van der Waals surface area contributed by atoms with E-state index in [9.17, 15) is 9.18 Å². The number of amides is 1. The Hall–Kier alpha value is -2.94. The number of halogens is 1. The van der Waals surface area contributed by atoms with Crippen LogP contribution in [-0.4, -0.2) is 61.7 Å². The van der Waals surface area contributed by atoms with E-state index in [1.165, 1.54) is 18.9 Å². The molecule has 1 aliphatic carbocycles. The van der Waals surface area contributed by atoms with Crippen LogP contribution in [0.25, 0.3) is 0 Å². The molecule has 3 aliphatic rings. The van der Waals surface area contributed by atoms with Crippen LogP contribution >= 0.6 is 0 Å². The van der Waals surface area contributed by atoms with Gasteiger partial charge in [0.15, 0.2) is 0 Å². The second-order valence-corrected chi connectivity index (χ2v) is 9.60. The summed E-state index contributed by atoms with van der Waals surface area (Å²) in [5.74, 6) is 1.12. The van der Waals surface area contributed by atoms with E-state index in [-0.39, 0.29) is 17.6 Å². The van der Waals surface area contributed by atoms with E-state index < -0.39 is 0 Å². The quantitative estimate of drug-likeness (QED) is 0.577. The Morgan fingerprint density at radius 1 is 1.18 bits per heavy atom. The minimum atomic E-state index is -0.251. The zero-order valence-electron chi connectivity index (χ0n) is 19.8. The number of anilines is 4. The van der Waals surface area contributed by atoms with Crippen LogP contribution in [0.15, 0.2) is 24.4 Å². The first kappa shape index (κ1) is 22.8. The zero-order chi connectivity index (χ0) is 23.5. The van der Waals surface area contributed by atoms with Crippen molar-refractivity contribution in [1.82, 2.24) is 20.6 Å². The highest BCUT2D eigenvalue weighted by molar-refractivity contribution is 5.81. The highest BCUT2D eigenvalue weighted by Gasteiger charge is 2.28. The third-order valence-corrected chi connectivity index (χ3v) is 7.34. The SMILES string of the molecule is CN(c1nc(Nc2ccc(N3CCNCC3)c(F)c2)ncc1C[C@@H]1CCNC1=O)C1CCCC1. The number of hydrogen-bond donors (Lipinski definition) is 3. The molecule has 182 valence electrons. The molecule has 0 bridgehead atoms. The summed E-state index contributed by atoms with van der Waals surface area (Å²) in [4.78, 5) is 25.9. The number of carbonyl (C=O) groups excluding carboxylic acids is 1. The topological polar surface area (TPSA) is 85.4 Å². The van der Waals surface area contributed by atoms with Gasteiger partial charge < -0.3 is 25.8 Å². The standard InChI is InChI=1S/C25H34FN7O/c1-32(20-4-2-3-5-20)23-18(14-17-8-9-28-24(17)34)16-29-25(31-23)30-19-6-7-22(21(26)15-19)33-12-10-27-11-13-33/h6-7,15-17,20,27H,2-5,8-14H2,1H3,(H,28,34)(H,29,30,31)/t17-/m0/s1. The molecule has 2 saturated heterocycles. The first-order valence-electron chi connectivity index (χ1n) is 12.5. The number of nitrogens with one attached hydrogen (secondary N) is 3. The van der Waals surface area contributed by atoms with Gasteiger partial charge in [-0.3, -0.25) is 4.79 Å². The summed E-state index contributed by atoms with van der Waals surface area (Å²) in [7, 11) is 2.09. The second kappa shape index (κ2) is 10.1. The van der Waals surface area contributed by atoms with Gasteiger partial charge in [-0.15, -0.1) is 0 Å². The van der Waals surface area contributed by atoms with Crippen molar-refractivity contribution in [2.45, 2.75) is 44.6 Å². The van der Waals surface area contributed by atoms with E-state index in [1.807, 2.05) is 18.3 Å². The van der Waals surface area contributed by atoms with Crippen molar-refractivity contribution < 1.29 is 9.18 Å². The van der Waals surface area contributed by atoms with Gasteiger partial charge in [-0.05, 0) is 43.9 Å². The molecule has 1 aromatic carbocycles. The van der Waals surface area contributed by atoms with Gasteiger partial charge in [0.05, 0.1) is 5.69 Å². The number of rotatable bonds is 7. The van der Waals surface area contributed by atoms with Gasteiger partial charge in [-0.1, -0.05) is 12.8 Å². The van der Waals surface area contributed by atoms with Gasteiger partial charge in [-0.25, -0.2) is 9.37 Å². The van der Waals surface area contributed by atoms with Gasteiger partial charge in [0.25, 0.3) is 0 Å². The average Bonchev–Trinajstić information content (AvgIpc) is 3.53. The van der Waals surface area contributed by atoms with Gasteiger partial charge in [0, 0.05) is 69.2 Å². The van der Waals surface area contributed by atoms with Crippen LogP contribution in [0.5, 0.6) is 0 Å². The highest BCUT2D eigenvalue weighted by Crippen LogP contribution is 2.31. The molecule has 1 atom stereocenters. The number of aromatic nitrogens is 2. The largest absolute Gasteiger partial charge is 0.367 e. The summed E-state index contributed by atoms with van der Waals surface area (Å²) in [5, 5.41) is 9.41. The van der Waals surface area contributed by atoms with Gasteiger partial charge in [0.2, 0.25) is 11.9 Å². The highest BCUT2D eigenvalue weighted by atomic mass is 19.1. The Labute approximate surface area is 200 Å². The lowest BCUT2D eigenvalue weighted by atomic mass is 9.99. The molecule has 3 fully saturated rings. The van der Waals surface area contributed by atoms with E-state index >= 15 is 0 Å². The number of piperazine rings is 1. The van der Waals surface area contributed by atoms with Crippen molar-refractivity contribution >= 4 is 29.0 Å². The van der Waals surface area contributed by atoms with Crippen LogP contribution in [-0.2, 0) is 11.2 Å². The lowest BCUT2D eigenvalue weighted by Gasteiger charge is -2.30. The number of nitrogens with zero attached hydrogens (tertiary/aromatic N) is 4. The van der Waals surface area contributed by atoms with Crippen LogP contribution in [0.4, 0.5) is 27.5 Å². The average molecular weight is 468 g/mol. The summed E-state index contributed by atoms with van der Waals surface area (Å²) in [6.07, 6.45) is 8.04. The smallest absolute Gasteiger partial charge is 0.229 e. The van der Waals surface area contributed by atoms with Crippen molar-refractivity contribution in [3.63, 3.8) is 0 Å². The van der Waals surface area contributed by atoms with Crippen LogP contribution in [0.1, 0.15) is 37.7 Å². The molecule has 34 heavy (non-hydrogen) atoms. The fraction of sp³-hybridized carbons (Fsp3) is 0.560. The van der Waals surface area contributed by atoms with Crippen LogP contribution in [0.3, 0.4) is 0 Å². The third-order valence-electron chi connectivity index (χ3n) is 7.34. The molecule has 9 heteroatoms. The molecule has 0 unspecified atom stereocenters. The molecule has 5 rings (SSSR count). The van der Waals surface area contributed by atoms with Crippen molar-refractivity contribution in [1.29, 1.82) is 0 Å². The molecule has 8 nitrogen and oxygen atoms in total. The van der Waals surface area contributed by atoms with Crippen LogP contribution in [0, 0.1) is 11.7 Å². The normalized spacial score (nSPS) is 21.1. The molecule has 2 aliphatic heterocycles. The Morgan fingerprint density at radius 3 is 2.68 bits per heavy atom. The molecule has 3 N–H and O–H groups in total. The molecule has 2 aromatic rings. The molecule has 1 amide bonds. The van der Waals surface area contributed by atoms with Crippen molar-refractivity contribution in [2.24, 2.45) is 5.92 Å². The van der Waals surface area contributed by atoms with E-state index in [2.05, 4.69) is 37.8 Å². The molecule has 1 aromatic heterocycles. The second-order valence-electron chi connectivity index (χ2n) is 9.60. The Kier molecular flexibility index (Phi) is 6.80. The fourth-order valence-electron chi connectivity index (χ4n) is 5.35. The minimum Gasteiger partial charge on any atom is -0.367 e. The van der Waals surface area contributed by atoms with Crippen LogP contribution < -0.4 is 25.8 Å². The lowest BCUT2D eigenvalue weighted by molar-refractivity contribution is -0.122. The Morgan fingerprint density at radius 2 is 1.97 bits per heavy atom. The predicted octanol–water partition coefficient (Wildman–Crippen LogP) is 2.83. The van der Waals surface area contributed by atoms with Crippen molar-refractivity contribution in [2.75, 3.05) is 54.9 Å². The Balaban J connectivity index is 1.37. The van der Waals surface area contributed by atoms with Crippen molar-refractivity contribution in [3.05, 3.63) is 35.8 Å². The monoisotopic (exact) mass is 467 g/mol. The van der Waals surface area contributed by atoms with Gasteiger partial charge >= 0.3 is 0 Å². The maximum Gasteiger partial charge on any atom is 0.229 e. The lowest BCUT2D eigenvalue weighted by Crippen LogP contribution is -2.43. The van der Waals surface area contributed by atoms with E-state index in [0.29, 0.717) is 29.8 Å². The number of benzene rings is 1. The Bertz CT molecular complexity index is 1020. The molecular formula is C25H34FN7O. The van der Waals surface area contributed by atoms with E-state index in [0.717, 1.165) is 63.4 Å². The summed E-state index contributed by atoms with van der Waals surface area (Å²) < 4.78 is 14.9. The number of carbonyl (C=O) groups is 1. The summed E-state index contributed by atoms with van der Waals surface area (Å²) in [6.45, 7) is 4.04. The predicted molar refractivity (Wildman–Crippen MR) is 132 cm³/mol. The fourth-order valence-corrected chi connectivity index (χ4v) is 5.35. The van der Waals surface area contributed by atoms with Crippen LogP contribution in [0.2, 0.25) is 0 Å². The maximum absolute atomic E-state index is 14.9. The van der Waals surface area contributed by atoms with Gasteiger partial charge in [-0.2, -0.15) is 4.98 Å². The molecule has 0 radical (unpaired) electrons. The molecule has 3 heterocycles. The molecular weight excluding hydrogens is 433 g/mol.